The number of nitrogens with zero attached hydrogens (tertiary/aromatic N) is 3. The lowest BCUT2D eigenvalue weighted by Crippen LogP contribution is -2.17. The number of amides is 1. The van der Waals surface area contributed by atoms with Crippen molar-refractivity contribution in [2.45, 2.75) is 52.4 Å². The van der Waals surface area contributed by atoms with Crippen molar-refractivity contribution < 1.29 is 28.6 Å². The van der Waals surface area contributed by atoms with E-state index < -0.39 is 23.9 Å². The van der Waals surface area contributed by atoms with E-state index in [1.165, 1.54) is 11.8 Å². The van der Waals surface area contributed by atoms with Gasteiger partial charge in [0.25, 0.3) is 0 Å². The summed E-state index contributed by atoms with van der Waals surface area (Å²) >= 11 is 8.19. The van der Waals surface area contributed by atoms with E-state index in [1.54, 1.807) is 39.0 Å². The number of hydrogen-bond acceptors (Lipinski definition) is 10. The van der Waals surface area contributed by atoms with Gasteiger partial charge in [-0.05, 0) is 63.9 Å². The molecule has 3 aromatic rings. The minimum absolute atomic E-state index is 0.0330. The maximum absolute atomic E-state index is 12.9. The van der Waals surface area contributed by atoms with Gasteiger partial charge in [-0.3, -0.25) is 9.36 Å². The van der Waals surface area contributed by atoms with Crippen molar-refractivity contribution in [2.75, 3.05) is 24.3 Å². The number of ether oxygens (including phenoxy) is 3. The van der Waals surface area contributed by atoms with Crippen LogP contribution in [-0.2, 0) is 20.8 Å². The van der Waals surface area contributed by atoms with Gasteiger partial charge in [0.1, 0.15) is 15.6 Å². The molecule has 13 heteroatoms. The zero-order valence-electron chi connectivity index (χ0n) is 22.9. The molecule has 1 amide bonds. The third-order valence-corrected chi connectivity index (χ3v) is 7.92. The monoisotopic (exact) mass is 606 g/mol. The standard InChI is InChI=1S/C27H31ClN4O6S2/c1-7-12-32-23(17(6)38-19-11-10-18(28)13-15(19)4)30-31-27(32)39-14-20(33)29-24-21(25(34)36-8-2)16(5)22(40-24)26(35)37-9-3/h7,10-11,13,17H,1,8-9,12,14H2,2-6H3,(H,29,33). The smallest absolute Gasteiger partial charge is 0.348 e. The lowest BCUT2D eigenvalue weighted by atomic mass is 10.1. The van der Waals surface area contributed by atoms with Crippen LogP contribution in [0.1, 0.15) is 63.9 Å². The average molecular weight is 607 g/mol. The molecule has 0 aliphatic rings. The lowest BCUT2D eigenvalue weighted by Gasteiger charge is -2.17. The molecule has 2 heterocycles. The highest BCUT2D eigenvalue weighted by Crippen LogP contribution is 2.35. The Bertz CT molecular complexity index is 1400. The Balaban J connectivity index is 1.77. The van der Waals surface area contributed by atoms with Gasteiger partial charge in [0.2, 0.25) is 5.91 Å². The Hall–Kier alpha value is -3.35. The number of nitrogens with one attached hydrogen (secondary N) is 1. The van der Waals surface area contributed by atoms with Crippen molar-refractivity contribution in [3.8, 4) is 5.75 Å². The number of benzene rings is 1. The number of halogens is 1. The van der Waals surface area contributed by atoms with Crippen molar-refractivity contribution in [1.29, 1.82) is 0 Å². The fraction of sp³-hybridized carbons (Fsp3) is 0.370. The van der Waals surface area contributed by atoms with E-state index >= 15 is 0 Å². The van der Waals surface area contributed by atoms with Crippen LogP contribution in [0.2, 0.25) is 5.02 Å². The van der Waals surface area contributed by atoms with Gasteiger partial charge in [-0.15, -0.1) is 28.1 Å². The van der Waals surface area contributed by atoms with Gasteiger partial charge >= 0.3 is 11.9 Å². The van der Waals surface area contributed by atoms with E-state index in [9.17, 15) is 14.4 Å². The number of aryl methyl sites for hydroxylation is 1. The molecule has 10 nitrogen and oxygen atoms in total. The molecule has 0 saturated heterocycles. The summed E-state index contributed by atoms with van der Waals surface area (Å²) in [6, 6.07) is 5.37. The number of anilines is 1. The highest BCUT2D eigenvalue weighted by atomic mass is 35.5. The van der Waals surface area contributed by atoms with Crippen LogP contribution in [0.5, 0.6) is 5.75 Å². The van der Waals surface area contributed by atoms with Crippen LogP contribution >= 0.6 is 34.7 Å². The molecule has 40 heavy (non-hydrogen) atoms. The van der Waals surface area contributed by atoms with Crippen LogP contribution in [0.3, 0.4) is 0 Å². The summed E-state index contributed by atoms with van der Waals surface area (Å²) in [5, 5.41) is 12.6. The molecule has 1 N–H and O–H groups in total. The van der Waals surface area contributed by atoms with Gasteiger partial charge in [0.15, 0.2) is 17.1 Å². The zero-order valence-corrected chi connectivity index (χ0v) is 25.3. The molecule has 0 aliphatic carbocycles. The second kappa shape index (κ2) is 14.3. The van der Waals surface area contributed by atoms with Crippen molar-refractivity contribution in [3.05, 3.63) is 63.3 Å². The average Bonchev–Trinajstić information content (AvgIpc) is 3.45. The zero-order chi connectivity index (χ0) is 29.4. The molecule has 0 aliphatic heterocycles. The van der Waals surface area contributed by atoms with Crippen molar-refractivity contribution in [3.63, 3.8) is 0 Å². The largest absolute Gasteiger partial charge is 0.482 e. The molecule has 3 rings (SSSR count). The highest BCUT2D eigenvalue weighted by molar-refractivity contribution is 7.99. The van der Waals surface area contributed by atoms with Crippen molar-refractivity contribution in [2.24, 2.45) is 0 Å². The number of hydrogen-bond donors (Lipinski definition) is 1. The molecule has 0 spiro atoms. The van der Waals surface area contributed by atoms with Crippen molar-refractivity contribution in [1.82, 2.24) is 14.8 Å². The molecule has 1 aromatic carbocycles. The number of thioether (sulfide) groups is 1. The third-order valence-electron chi connectivity index (χ3n) is 5.53. The van der Waals surface area contributed by atoms with E-state index in [2.05, 4.69) is 22.1 Å². The van der Waals surface area contributed by atoms with Crippen LogP contribution in [-0.4, -0.2) is 51.6 Å². The number of carbonyl (C=O) groups excluding carboxylic acids is 3. The SMILES string of the molecule is C=CCn1c(SCC(=O)Nc2sc(C(=O)OCC)c(C)c2C(=O)OCC)nnc1C(C)Oc1ccc(Cl)cc1C. The second-order valence-corrected chi connectivity index (χ2v) is 10.8. The van der Waals surface area contributed by atoms with E-state index in [-0.39, 0.29) is 34.4 Å². The van der Waals surface area contributed by atoms with Crippen LogP contribution in [0, 0.1) is 13.8 Å². The maximum atomic E-state index is 12.9. The van der Waals surface area contributed by atoms with Crippen LogP contribution in [0.25, 0.3) is 0 Å². The van der Waals surface area contributed by atoms with E-state index in [1.807, 2.05) is 24.5 Å². The Morgan fingerprint density at radius 1 is 1.18 bits per heavy atom. The number of carbonyl (C=O) groups is 3. The van der Waals surface area contributed by atoms with Gasteiger partial charge in [-0.2, -0.15) is 0 Å². The summed E-state index contributed by atoms with van der Waals surface area (Å²) in [5.74, 6) is -0.396. The Kier molecular flexibility index (Phi) is 11.2. The van der Waals surface area contributed by atoms with Gasteiger partial charge in [0.05, 0.1) is 24.5 Å². The first-order valence-electron chi connectivity index (χ1n) is 12.5. The number of thiophene rings is 1. The van der Waals surface area contributed by atoms with Gasteiger partial charge in [-0.25, -0.2) is 9.59 Å². The first-order chi connectivity index (χ1) is 19.1. The predicted octanol–water partition coefficient (Wildman–Crippen LogP) is 6.02. The fourth-order valence-electron chi connectivity index (χ4n) is 3.73. The summed E-state index contributed by atoms with van der Waals surface area (Å²) in [5.41, 5.74) is 1.41. The minimum Gasteiger partial charge on any atom is -0.482 e. The first-order valence-corrected chi connectivity index (χ1v) is 14.7. The normalized spacial score (nSPS) is 11.6. The Morgan fingerprint density at radius 3 is 2.52 bits per heavy atom. The summed E-state index contributed by atoms with van der Waals surface area (Å²) in [6.07, 6.45) is 1.26. The summed E-state index contributed by atoms with van der Waals surface area (Å²) < 4.78 is 18.2. The van der Waals surface area contributed by atoms with Crippen LogP contribution in [0.4, 0.5) is 5.00 Å². The molecule has 2 aromatic heterocycles. The Labute approximate surface area is 246 Å². The molecular formula is C27H31ClN4O6S2. The molecule has 0 saturated carbocycles. The third kappa shape index (κ3) is 7.43. The summed E-state index contributed by atoms with van der Waals surface area (Å²) in [4.78, 5) is 38.2. The fourth-order valence-corrected chi connectivity index (χ4v) is 5.82. The molecule has 1 atom stereocenters. The molecule has 214 valence electrons. The molecule has 0 fully saturated rings. The van der Waals surface area contributed by atoms with Gasteiger partial charge in [-0.1, -0.05) is 29.4 Å². The second-order valence-electron chi connectivity index (χ2n) is 8.45. The number of rotatable bonds is 13. The quantitative estimate of drug-likeness (QED) is 0.141. The first kappa shape index (κ1) is 31.2. The highest BCUT2D eigenvalue weighted by Gasteiger charge is 2.28. The molecule has 0 bridgehead atoms. The predicted molar refractivity (Wildman–Crippen MR) is 156 cm³/mol. The number of esters is 2. The molecule has 1 unspecified atom stereocenters. The van der Waals surface area contributed by atoms with E-state index in [0.29, 0.717) is 33.9 Å². The minimum atomic E-state index is -0.630. The van der Waals surface area contributed by atoms with E-state index in [0.717, 1.165) is 16.9 Å². The topological polar surface area (TPSA) is 122 Å². The molecular weight excluding hydrogens is 576 g/mol. The van der Waals surface area contributed by atoms with Gasteiger partial charge in [0, 0.05) is 11.6 Å². The van der Waals surface area contributed by atoms with Crippen LogP contribution in [0.15, 0.2) is 36.0 Å². The summed E-state index contributed by atoms with van der Waals surface area (Å²) in [6.45, 7) is 13.3. The lowest BCUT2D eigenvalue weighted by molar-refractivity contribution is -0.113. The van der Waals surface area contributed by atoms with Crippen LogP contribution < -0.4 is 10.1 Å². The number of allylic oxidation sites excluding steroid dienone is 1. The molecule has 0 radical (unpaired) electrons. The van der Waals surface area contributed by atoms with E-state index in [4.69, 9.17) is 25.8 Å². The summed E-state index contributed by atoms with van der Waals surface area (Å²) in [7, 11) is 0. The maximum Gasteiger partial charge on any atom is 0.348 e. The van der Waals surface area contributed by atoms with Crippen molar-refractivity contribution >= 4 is 57.5 Å². The Morgan fingerprint density at radius 2 is 1.88 bits per heavy atom. The number of aromatic nitrogens is 3. The van der Waals surface area contributed by atoms with Gasteiger partial charge < -0.3 is 19.5 Å².